The van der Waals surface area contributed by atoms with Crippen LogP contribution in [0.25, 0.3) is 33.6 Å². The van der Waals surface area contributed by atoms with Crippen molar-refractivity contribution in [1.29, 1.82) is 0 Å². The Morgan fingerprint density at radius 2 is 1.49 bits per heavy atom. The maximum atomic E-state index is 13.3. The molecule has 194 valence electrons. The zero-order valence-electron chi connectivity index (χ0n) is 20.2. The number of carbonyl (C=O) groups excluding carboxylic acids is 1. The molecule has 0 unspecified atom stereocenters. The lowest BCUT2D eigenvalue weighted by atomic mass is 10.1. The van der Waals surface area contributed by atoms with Crippen LogP contribution in [-0.2, 0) is 13.1 Å². The summed E-state index contributed by atoms with van der Waals surface area (Å²) in [5, 5.41) is 0. The number of alkyl halides is 3. The second-order valence-electron chi connectivity index (χ2n) is 8.70. The van der Waals surface area contributed by atoms with Crippen molar-refractivity contribution in [2.24, 2.45) is 0 Å². The Balaban J connectivity index is 1.38. The quantitative estimate of drug-likeness (QED) is 0.248. The van der Waals surface area contributed by atoms with E-state index in [0.717, 1.165) is 28.7 Å². The molecule has 3 heterocycles. The van der Waals surface area contributed by atoms with Crippen molar-refractivity contribution in [3.63, 3.8) is 0 Å². The molecule has 6 rings (SSSR count). The van der Waals surface area contributed by atoms with Crippen LogP contribution in [0.4, 0.5) is 13.2 Å². The Kier molecular flexibility index (Phi) is 6.02. The van der Waals surface area contributed by atoms with E-state index in [1.807, 2.05) is 57.7 Å². The molecule has 0 saturated carbocycles. The fraction of sp³-hybridized carbons (Fsp3) is 0.107. The number of hydrogen-bond acceptors (Lipinski definition) is 6. The molecular weight excluding hydrogens is 509 g/mol. The second-order valence-corrected chi connectivity index (χ2v) is 8.70. The van der Waals surface area contributed by atoms with Gasteiger partial charge in [0.15, 0.2) is 11.6 Å². The highest BCUT2D eigenvalue weighted by Crippen LogP contribution is 2.27. The zero-order chi connectivity index (χ0) is 27.0. The maximum Gasteiger partial charge on any atom is 0.573 e. The molecule has 6 aromatic rings. The number of halogens is 3. The number of ether oxygens (including phenoxy) is 1. The molecule has 39 heavy (non-hydrogen) atoms. The van der Waals surface area contributed by atoms with Crippen molar-refractivity contribution in [1.82, 2.24) is 29.1 Å². The van der Waals surface area contributed by atoms with E-state index in [1.165, 1.54) is 12.1 Å². The van der Waals surface area contributed by atoms with Crippen LogP contribution in [0.3, 0.4) is 0 Å². The first-order valence-electron chi connectivity index (χ1n) is 11.9. The second kappa shape index (κ2) is 9.67. The molecule has 0 fully saturated rings. The first-order chi connectivity index (χ1) is 18.9. The lowest BCUT2D eigenvalue weighted by Crippen LogP contribution is -2.17. The molecule has 0 bridgehead atoms. The lowest BCUT2D eigenvalue weighted by molar-refractivity contribution is -0.274. The molecule has 0 aliphatic heterocycles. The number of hydrogen-bond donors (Lipinski definition) is 0. The molecule has 8 nitrogen and oxygen atoms in total. The number of benzene rings is 3. The SMILES string of the molecule is O=C(Cn1c(Cn2c(-c3cnccn3)nc3ccccc32)nc2ccccc21)c1ccc(OC(F)(F)F)cc1. The molecule has 0 amide bonds. The number of fused-ring (bicyclic) bond motifs is 2. The maximum absolute atomic E-state index is 13.3. The van der Waals surface area contributed by atoms with Crippen LogP contribution in [0, 0.1) is 0 Å². The summed E-state index contributed by atoms with van der Waals surface area (Å²) >= 11 is 0. The monoisotopic (exact) mass is 528 g/mol. The normalized spacial score (nSPS) is 11.8. The van der Waals surface area contributed by atoms with E-state index in [4.69, 9.17) is 9.97 Å². The minimum Gasteiger partial charge on any atom is -0.406 e. The molecular formula is C28H19F3N6O2. The van der Waals surface area contributed by atoms with Gasteiger partial charge in [-0.25, -0.2) is 15.0 Å². The lowest BCUT2D eigenvalue weighted by Gasteiger charge is -2.12. The Morgan fingerprint density at radius 3 is 2.15 bits per heavy atom. The van der Waals surface area contributed by atoms with Gasteiger partial charge in [-0.15, -0.1) is 13.2 Å². The van der Waals surface area contributed by atoms with Gasteiger partial charge in [-0.05, 0) is 48.5 Å². The molecule has 0 aliphatic carbocycles. The summed E-state index contributed by atoms with van der Waals surface area (Å²) < 4.78 is 45.3. The Morgan fingerprint density at radius 1 is 0.821 bits per heavy atom. The molecule has 0 aliphatic rings. The highest BCUT2D eigenvalue weighted by molar-refractivity contribution is 5.97. The van der Waals surface area contributed by atoms with Crippen molar-refractivity contribution in [3.05, 3.63) is 103 Å². The summed E-state index contributed by atoms with van der Waals surface area (Å²) in [6, 6.07) is 20.0. The molecule has 3 aromatic heterocycles. The standard InChI is InChI=1S/C28H19F3N6O2/c29-28(30,31)39-19-11-9-18(10-12-19)25(38)16-36-23-7-3-1-5-20(23)34-26(36)17-37-24-8-4-2-6-21(24)35-27(37)22-15-32-13-14-33-22/h1-15H,16-17H2. The summed E-state index contributed by atoms with van der Waals surface area (Å²) in [4.78, 5) is 31.4. The molecule has 0 N–H and O–H groups in total. The van der Waals surface area contributed by atoms with Crippen LogP contribution < -0.4 is 4.74 Å². The van der Waals surface area contributed by atoms with E-state index in [0.29, 0.717) is 22.9 Å². The molecule has 11 heteroatoms. The number of aromatic nitrogens is 6. The summed E-state index contributed by atoms with van der Waals surface area (Å²) in [5.74, 6) is 0.531. The van der Waals surface area contributed by atoms with Crippen LogP contribution in [0.2, 0.25) is 0 Å². The number of nitrogens with zero attached hydrogens (tertiary/aromatic N) is 6. The minimum absolute atomic E-state index is 0.0670. The summed E-state index contributed by atoms with van der Waals surface area (Å²) in [6.45, 7) is 0.217. The van der Waals surface area contributed by atoms with Crippen LogP contribution in [-0.4, -0.2) is 41.2 Å². The fourth-order valence-corrected chi connectivity index (χ4v) is 4.49. The van der Waals surface area contributed by atoms with Gasteiger partial charge >= 0.3 is 6.36 Å². The van der Waals surface area contributed by atoms with Crippen LogP contribution in [0.1, 0.15) is 16.2 Å². The molecule has 3 aromatic carbocycles. The fourth-order valence-electron chi connectivity index (χ4n) is 4.49. The number of imidazole rings is 2. The summed E-state index contributed by atoms with van der Waals surface area (Å²) in [5.41, 5.74) is 3.94. The third-order valence-electron chi connectivity index (χ3n) is 6.19. The molecule has 0 saturated heterocycles. The topological polar surface area (TPSA) is 87.7 Å². The number of para-hydroxylation sites is 4. The number of carbonyl (C=O) groups is 1. The van der Waals surface area contributed by atoms with Gasteiger partial charge in [0, 0.05) is 18.0 Å². The largest absolute Gasteiger partial charge is 0.573 e. The average Bonchev–Trinajstić information content (AvgIpc) is 3.47. The predicted molar refractivity (Wildman–Crippen MR) is 137 cm³/mol. The Bertz CT molecular complexity index is 1790. The van der Waals surface area contributed by atoms with E-state index in [9.17, 15) is 18.0 Å². The van der Waals surface area contributed by atoms with Gasteiger partial charge in [0.25, 0.3) is 0 Å². The van der Waals surface area contributed by atoms with E-state index in [2.05, 4.69) is 14.7 Å². The van der Waals surface area contributed by atoms with Crippen molar-refractivity contribution in [2.45, 2.75) is 19.5 Å². The molecule has 0 radical (unpaired) electrons. The van der Waals surface area contributed by atoms with Crippen LogP contribution in [0.5, 0.6) is 5.75 Å². The van der Waals surface area contributed by atoms with E-state index in [1.54, 1.807) is 18.6 Å². The predicted octanol–water partition coefficient (Wildman–Crippen LogP) is 5.67. The van der Waals surface area contributed by atoms with Gasteiger partial charge in [0.1, 0.15) is 17.3 Å². The van der Waals surface area contributed by atoms with Gasteiger partial charge < -0.3 is 13.9 Å². The average molecular weight is 528 g/mol. The molecule has 0 atom stereocenters. The highest BCUT2D eigenvalue weighted by atomic mass is 19.4. The number of rotatable bonds is 7. The van der Waals surface area contributed by atoms with Gasteiger partial charge in [-0.1, -0.05) is 24.3 Å². The van der Waals surface area contributed by atoms with E-state index >= 15 is 0 Å². The van der Waals surface area contributed by atoms with Crippen molar-refractivity contribution < 1.29 is 22.7 Å². The first kappa shape index (κ1) is 24.3. The summed E-state index contributed by atoms with van der Waals surface area (Å²) in [7, 11) is 0. The van der Waals surface area contributed by atoms with Gasteiger partial charge in [0.05, 0.1) is 41.4 Å². The van der Waals surface area contributed by atoms with Crippen molar-refractivity contribution >= 4 is 27.9 Å². The van der Waals surface area contributed by atoms with Crippen LogP contribution >= 0.6 is 0 Å². The van der Waals surface area contributed by atoms with E-state index in [-0.39, 0.29) is 24.4 Å². The zero-order valence-corrected chi connectivity index (χ0v) is 20.2. The Hall–Kier alpha value is -5.06. The Labute approximate surface area is 219 Å². The number of Topliss-reactive ketones (excluding diaryl/α,β-unsaturated/α-hetero) is 1. The van der Waals surface area contributed by atoms with E-state index < -0.39 is 12.1 Å². The van der Waals surface area contributed by atoms with Crippen molar-refractivity contribution in [2.75, 3.05) is 0 Å². The smallest absolute Gasteiger partial charge is 0.406 e. The third-order valence-corrected chi connectivity index (χ3v) is 6.19. The first-order valence-corrected chi connectivity index (χ1v) is 11.9. The van der Waals surface area contributed by atoms with Gasteiger partial charge in [-0.3, -0.25) is 9.78 Å². The summed E-state index contributed by atoms with van der Waals surface area (Å²) in [6.07, 6.45) is 0.00941. The van der Waals surface area contributed by atoms with Gasteiger partial charge in [0.2, 0.25) is 0 Å². The minimum atomic E-state index is -4.81. The number of ketones is 1. The highest BCUT2D eigenvalue weighted by Gasteiger charge is 2.31. The van der Waals surface area contributed by atoms with Gasteiger partial charge in [-0.2, -0.15) is 0 Å². The molecule has 0 spiro atoms. The third kappa shape index (κ3) is 4.93. The van der Waals surface area contributed by atoms with Crippen molar-refractivity contribution in [3.8, 4) is 17.3 Å². The van der Waals surface area contributed by atoms with Crippen LogP contribution in [0.15, 0.2) is 91.4 Å².